The van der Waals surface area contributed by atoms with Gasteiger partial charge in [0.1, 0.15) is 5.54 Å². The fourth-order valence-electron chi connectivity index (χ4n) is 1.93. The Balaban J connectivity index is 2.39. The maximum atomic E-state index is 9.26. The van der Waals surface area contributed by atoms with Crippen LogP contribution >= 0.6 is 11.8 Å². The zero-order valence-corrected chi connectivity index (χ0v) is 13.7. The average Bonchev–Trinajstić information content (AvgIpc) is 2.40. The van der Waals surface area contributed by atoms with Crippen LogP contribution in [0, 0.1) is 25.2 Å². The SMILES string of the molecule is CCCNC(C)(C#N)CCCSc1nc(C)cc(C)n1. The number of hydrogen-bond donors (Lipinski definition) is 1. The van der Waals surface area contributed by atoms with E-state index in [9.17, 15) is 5.26 Å². The van der Waals surface area contributed by atoms with Gasteiger partial charge < -0.3 is 0 Å². The summed E-state index contributed by atoms with van der Waals surface area (Å²) in [7, 11) is 0. The van der Waals surface area contributed by atoms with E-state index in [4.69, 9.17) is 0 Å². The van der Waals surface area contributed by atoms with E-state index >= 15 is 0 Å². The van der Waals surface area contributed by atoms with Gasteiger partial charge in [0.2, 0.25) is 0 Å². The van der Waals surface area contributed by atoms with E-state index in [-0.39, 0.29) is 0 Å². The van der Waals surface area contributed by atoms with E-state index in [0.29, 0.717) is 0 Å². The summed E-state index contributed by atoms with van der Waals surface area (Å²) < 4.78 is 0. The van der Waals surface area contributed by atoms with Crippen molar-refractivity contribution in [2.75, 3.05) is 12.3 Å². The molecule has 1 atom stereocenters. The summed E-state index contributed by atoms with van der Waals surface area (Å²) >= 11 is 1.66. The number of thioether (sulfide) groups is 1. The van der Waals surface area contributed by atoms with Crippen LogP contribution in [0.4, 0.5) is 0 Å². The zero-order chi connectivity index (χ0) is 15.0. The molecule has 0 aliphatic heterocycles. The van der Waals surface area contributed by atoms with Gasteiger partial charge in [0, 0.05) is 17.1 Å². The first-order valence-electron chi connectivity index (χ1n) is 7.10. The smallest absolute Gasteiger partial charge is 0.187 e. The molecule has 110 valence electrons. The van der Waals surface area contributed by atoms with Crippen molar-refractivity contribution >= 4 is 11.8 Å². The number of rotatable bonds is 8. The summed E-state index contributed by atoms with van der Waals surface area (Å²) in [4.78, 5) is 8.82. The van der Waals surface area contributed by atoms with Crippen LogP contribution in [0.25, 0.3) is 0 Å². The van der Waals surface area contributed by atoms with Crippen LogP contribution in [0.5, 0.6) is 0 Å². The quantitative estimate of drug-likeness (QED) is 0.453. The van der Waals surface area contributed by atoms with Crippen LogP contribution in [0.3, 0.4) is 0 Å². The van der Waals surface area contributed by atoms with Crippen molar-refractivity contribution in [3.05, 3.63) is 17.5 Å². The van der Waals surface area contributed by atoms with Gasteiger partial charge in [-0.25, -0.2) is 9.97 Å². The van der Waals surface area contributed by atoms with Crippen LogP contribution < -0.4 is 5.32 Å². The second-order valence-corrected chi connectivity index (χ2v) is 6.32. The molecule has 1 aromatic heterocycles. The Morgan fingerprint density at radius 1 is 1.35 bits per heavy atom. The van der Waals surface area contributed by atoms with Crippen molar-refractivity contribution in [1.82, 2.24) is 15.3 Å². The van der Waals surface area contributed by atoms with Crippen LogP contribution in [0.15, 0.2) is 11.2 Å². The molecule has 20 heavy (non-hydrogen) atoms. The van der Waals surface area contributed by atoms with E-state index in [2.05, 4.69) is 28.3 Å². The van der Waals surface area contributed by atoms with Crippen molar-refractivity contribution in [3.63, 3.8) is 0 Å². The lowest BCUT2D eigenvalue weighted by Gasteiger charge is -2.22. The monoisotopic (exact) mass is 292 g/mol. The first-order valence-corrected chi connectivity index (χ1v) is 8.09. The van der Waals surface area contributed by atoms with Gasteiger partial charge in [-0.2, -0.15) is 5.26 Å². The average molecular weight is 292 g/mol. The fraction of sp³-hybridized carbons (Fsp3) is 0.667. The number of nitrogens with zero attached hydrogens (tertiary/aromatic N) is 3. The van der Waals surface area contributed by atoms with Crippen LogP contribution in [-0.2, 0) is 0 Å². The maximum Gasteiger partial charge on any atom is 0.187 e. The Hall–Kier alpha value is -1.12. The third kappa shape index (κ3) is 5.89. The minimum absolute atomic E-state index is 0.417. The second-order valence-electron chi connectivity index (χ2n) is 5.26. The molecule has 0 aliphatic carbocycles. The summed E-state index contributed by atoms with van der Waals surface area (Å²) in [6, 6.07) is 4.36. The standard InChI is InChI=1S/C15H24N4S/c1-5-8-17-15(4,11-16)7-6-9-20-14-18-12(2)10-13(3)19-14/h10,17H,5-9H2,1-4H3. The Kier molecular flexibility index (Phi) is 6.97. The number of nitriles is 1. The summed E-state index contributed by atoms with van der Waals surface area (Å²) in [5, 5.41) is 13.4. The molecule has 0 spiro atoms. The van der Waals surface area contributed by atoms with Gasteiger partial charge in [-0.3, -0.25) is 5.32 Å². The lowest BCUT2D eigenvalue weighted by atomic mass is 9.98. The molecule has 0 aliphatic rings. The Morgan fingerprint density at radius 3 is 2.55 bits per heavy atom. The topological polar surface area (TPSA) is 61.6 Å². The van der Waals surface area contributed by atoms with Crippen molar-refractivity contribution < 1.29 is 0 Å². The molecule has 1 heterocycles. The minimum atomic E-state index is -0.417. The highest BCUT2D eigenvalue weighted by Crippen LogP contribution is 2.19. The van der Waals surface area contributed by atoms with E-state index in [1.165, 1.54) is 0 Å². The number of hydrogen-bond acceptors (Lipinski definition) is 5. The van der Waals surface area contributed by atoms with Gasteiger partial charge in [0.05, 0.1) is 6.07 Å². The van der Waals surface area contributed by atoms with Crippen molar-refractivity contribution in [3.8, 4) is 6.07 Å². The molecule has 0 amide bonds. The van der Waals surface area contributed by atoms with E-state index in [1.807, 2.05) is 26.8 Å². The predicted octanol–water partition coefficient (Wildman–Crippen LogP) is 3.25. The molecular weight excluding hydrogens is 268 g/mol. The molecule has 4 nitrogen and oxygen atoms in total. The molecule has 1 unspecified atom stereocenters. The summed E-state index contributed by atoms with van der Waals surface area (Å²) in [5.41, 5.74) is 1.60. The number of aryl methyl sites for hydroxylation is 2. The summed E-state index contributed by atoms with van der Waals surface area (Å²) in [6.07, 6.45) is 2.87. The van der Waals surface area contributed by atoms with Crippen LogP contribution in [-0.4, -0.2) is 27.8 Å². The minimum Gasteiger partial charge on any atom is -0.300 e. The Bertz CT molecular complexity index is 449. The summed E-state index contributed by atoms with van der Waals surface area (Å²) in [6.45, 7) is 8.94. The highest BCUT2D eigenvalue weighted by molar-refractivity contribution is 7.99. The molecule has 0 saturated heterocycles. The van der Waals surface area contributed by atoms with Gasteiger partial charge in [0.25, 0.3) is 0 Å². The molecule has 5 heteroatoms. The maximum absolute atomic E-state index is 9.26. The highest BCUT2D eigenvalue weighted by Gasteiger charge is 2.21. The van der Waals surface area contributed by atoms with Crippen molar-refractivity contribution in [1.29, 1.82) is 5.26 Å². The second kappa shape index (κ2) is 8.23. The van der Waals surface area contributed by atoms with Crippen molar-refractivity contribution in [2.45, 2.75) is 57.7 Å². The number of aromatic nitrogens is 2. The molecule has 0 bridgehead atoms. The van der Waals surface area contributed by atoms with Gasteiger partial charge in [0.15, 0.2) is 5.16 Å². The number of nitrogens with one attached hydrogen (secondary N) is 1. The molecule has 0 aromatic carbocycles. The normalized spacial score (nSPS) is 13.8. The lowest BCUT2D eigenvalue weighted by molar-refractivity contribution is 0.415. The van der Waals surface area contributed by atoms with Crippen LogP contribution in [0.1, 0.15) is 44.5 Å². The van der Waals surface area contributed by atoms with Crippen molar-refractivity contribution in [2.24, 2.45) is 0 Å². The van der Waals surface area contributed by atoms with Crippen LogP contribution in [0.2, 0.25) is 0 Å². The third-order valence-electron chi connectivity index (χ3n) is 3.03. The van der Waals surface area contributed by atoms with E-state index in [1.54, 1.807) is 11.8 Å². The molecular formula is C15H24N4S. The fourth-order valence-corrected chi connectivity index (χ4v) is 2.82. The zero-order valence-electron chi connectivity index (χ0n) is 12.9. The molecule has 0 radical (unpaired) electrons. The first-order chi connectivity index (χ1) is 9.49. The lowest BCUT2D eigenvalue weighted by Crippen LogP contribution is -2.41. The predicted molar refractivity (Wildman–Crippen MR) is 83.8 cm³/mol. The largest absolute Gasteiger partial charge is 0.300 e. The molecule has 1 aromatic rings. The van der Waals surface area contributed by atoms with E-state index in [0.717, 1.165) is 48.1 Å². The Labute approximate surface area is 126 Å². The van der Waals surface area contributed by atoms with Gasteiger partial charge >= 0.3 is 0 Å². The molecule has 0 fully saturated rings. The summed E-state index contributed by atoms with van der Waals surface area (Å²) in [5.74, 6) is 0.938. The van der Waals surface area contributed by atoms with Gasteiger partial charge in [-0.15, -0.1) is 0 Å². The van der Waals surface area contributed by atoms with Gasteiger partial charge in [-0.05, 0) is 52.6 Å². The Morgan fingerprint density at radius 2 is 2.00 bits per heavy atom. The third-order valence-corrected chi connectivity index (χ3v) is 3.96. The molecule has 1 N–H and O–H groups in total. The molecule has 1 rings (SSSR count). The molecule has 0 saturated carbocycles. The van der Waals surface area contributed by atoms with E-state index < -0.39 is 5.54 Å². The first kappa shape index (κ1) is 16.9. The highest BCUT2D eigenvalue weighted by atomic mass is 32.2. The van der Waals surface area contributed by atoms with Gasteiger partial charge in [-0.1, -0.05) is 18.7 Å².